The lowest BCUT2D eigenvalue weighted by Gasteiger charge is -2.21. The van der Waals surface area contributed by atoms with Gasteiger partial charge in [0.15, 0.2) is 5.96 Å². The minimum Gasteiger partial charge on any atom is -0.492 e. The number of likely N-dealkylation sites (N-methyl/N-ethyl adjacent to an activating group) is 1. The van der Waals surface area contributed by atoms with Crippen LogP contribution in [-0.2, 0) is 6.54 Å². The quantitative estimate of drug-likeness (QED) is 0.618. The van der Waals surface area contributed by atoms with E-state index in [0.29, 0.717) is 13.2 Å². The van der Waals surface area contributed by atoms with Gasteiger partial charge in [0.2, 0.25) is 0 Å². The molecule has 1 saturated heterocycles. The van der Waals surface area contributed by atoms with Crippen molar-refractivity contribution in [3.63, 3.8) is 0 Å². The molecule has 1 heterocycles. The summed E-state index contributed by atoms with van der Waals surface area (Å²) in [6.07, 6.45) is 2.52. The maximum atomic E-state index is 5.92. The number of nitrogens with zero attached hydrogens (tertiary/aromatic N) is 3. The third-order valence-electron chi connectivity index (χ3n) is 3.91. The Balaban J connectivity index is 2.01. The van der Waals surface area contributed by atoms with Crippen molar-refractivity contribution >= 4 is 5.96 Å². The molecule has 5 nitrogen and oxygen atoms in total. The molecule has 1 N–H and O–H groups in total. The average Bonchev–Trinajstić information content (AvgIpc) is 3.06. The highest BCUT2D eigenvalue weighted by atomic mass is 16.5. The number of nitrogens with one attached hydrogen (secondary N) is 1. The van der Waals surface area contributed by atoms with E-state index in [1.54, 1.807) is 0 Å². The second kappa shape index (κ2) is 9.40. The lowest BCUT2D eigenvalue weighted by atomic mass is 10.2. The molecule has 1 aromatic rings. The van der Waals surface area contributed by atoms with E-state index in [-0.39, 0.29) is 0 Å². The molecule has 2 rings (SSSR count). The molecular weight excluding hydrogens is 288 g/mol. The van der Waals surface area contributed by atoms with Crippen LogP contribution in [0, 0.1) is 0 Å². The van der Waals surface area contributed by atoms with Gasteiger partial charge in [-0.25, -0.2) is 4.99 Å². The van der Waals surface area contributed by atoms with Crippen molar-refractivity contribution in [1.82, 2.24) is 15.1 Å². The zero-order valence-corrected chi connectivity index (χ0v) is 14.7. The van der Waals surface area contributed by atoms with Crippen LogP contribution < -0.4 is 10.1 Å². The molecule has 0 radical (unpaired) electrons. The van der Waals surface area contributed by atoms with Crippen molar-refractivity contribution in [3.05, 3.63) is 29.8 Å². The Hall–Kier alpha value is -1.75. The molecule has 0 aliphatic carbocycles. The summed E-state index contributed by atoms with van der Waals surface area (Å²) < 4.78 is 5.92. The molecule has 1 aromatic carbocycles. The van der Waals surface area contributed by atoms with Crippen LogP contribution in [0.1, 0.15) is 25.3 Å². The number of rotatable bonds is 7. The summed E-state index contributed by atoms with van der Waals surface area (Å²) in [5, 5.41) is 3.40. The van der Waals surface area contributed by atoms with Gasteiger partial charge in [0.05, 0.1) is 6.54 Å². The van der Waals surface area contributed by atoms with Gasteiger partial charge in [-0.1, -0.05) is 18.2 Å². The van der Waals surface area contributed by atoms with Crippen LogP contribution in [0.4, 0.5) is 0 Å². The first-order valence-corrected chi connectivity index (χ1v) is 8.59. The fourth-order valence-electron chi connectivity index (χ4n) is 2.63. The maximum Gasteiger partial charge on any atom is 0.194 e. The number of hydrogen-bond donors (Lipinski definition) is 1. The van der Waals surface area contributed by atoms with Gasteiger partial charge in [0, 0.05) is 31.7 Å². The predicted octanol–water partition coefficient (Wildman–Crippen LogP) is 2.19. The van der Waals surface area contributed by atoms with Crippen molar-refractivity contribution in [2.75, 3.05) is 46.9 Å². The highest BCUT2D eigenvalue weighted by Crippen LogP contribution is 2.19. The van der Waals surface area contributed by atoms with E-state index in [1.165, 1.54) is 12.8 Å². The molecule has 0 saturated carbocycles. The number of hydrogen-bond acceptors (Lipinski definition) is 3. The van der Waals surface area contributed by atoms with Crippen LogP contribution in [0.15, 0.2) is 29.3 Å². The Bertz CT molecular complexity index is 496. The van der Waals surface area contributed by atoms with Crippen molar-refractivity contribution in [2.45, 2.75) is 26.3 Å². The molecular formula is C18H30N4O. The Morgan fingerprint density at radius 3 is 2.70 bits per heavy atom. The Morgan fingerprint density at radius 1 is 1.26 bits per heavy atom. The normalized spacial score (nSPS) is 15.3. The number of guanidine groups is 1. The Morgan fingerprint density at radius 2 is 2.00 bits per heavy atom. The summed E-state index contributed by atoms with van der Waals surface area (Å²) in [6.45, 7) is 7.48. The largest absolute Gasteiger partial charge is 0.492 e. The Labute approximate surface area is 140 Å². The summed E-state index contributed by atoms with van der Waals surface area (Å²) in [4.78, 5) is 9.28. The molecule has 23 heavy (non-hydrogen) atoms. The average molecular weight is 318 g/mol. The Kier molecular flexibility index (Phi) is 7.20. The van der Waals surface area contributed by atoms with E-state index < -0.39 is 0 Å². The summed E-state index contributed by atoms with van der Waals surface area (Å²) in [5.41, 5.74) is 1.14. The number of likely N-dealkylation sites (tertiary alicyclic amines) is 1. The SMILES string of the molecule is CCNC(=NCc1ccccc1OCCN(C)C)N1CCCC1. The van der Waals surface area contributed by atoms with Crippen molar-refractivity contribution in [1.29, 1.82) is 0 Å². The van der Waals surface area contributed by atoms with Crippen molar-refractivity contribution in [2.24, 2.45) is 4.99 Å². The van der Waals surface area contributed by atoms with Crippen molar-refractivity contribution in [3.8, 4) is 5.75 Å². The standard InChI is InChI=1S/C18H30N4O/c1-4-19-18(22-11-7-8-12-22)20-15-16-9-5-6-10-17(16)23-14-13-21(2)3/h5-6,9-10H,4,7-8,11-15H2,1-3H3,(H,19,20). The van der Waals surface area contributed by atoms with Gasteiger partial charge in [0.1, 0.15) is 12.4 Å². The smallest absolute Gasteiger partial charge is 0.194 e. The molecule has 1 aliphatic heterocycles. The van der Waals surface area contributed by atoms with Crippen LogP contribution in [0.3, 0.4) is 0 Å². The molecule has 1 fully saturated rings. The van der Waals surface area contributed by atoms with Gasteiger partial charge in [-0.15, -0.1) is 0 Å². The van der Waals surface area contributed by atoms with Crippen LogP contribution >= 0.6 is 0 Å². The zero-order chi connectivity index (χ0) is 16.5. The molecule has 0 aromatic heterocycles. The number of aliphatic imine (C=N–C) groups is 1. The third kappa shape index (κ3) is 5.75. The highest BCUT2D eigenvalue weighted by Gasteiger charge is 2.15. The molecule has 5 heteroatoms. The number of benzene rings is 1. The van der Waals surface area contributed by atoms with Crippen molar-refractivity contribution < 1.29 is 4.74 Å². The molecule has 0 spiro atoms. The third-order valence-corrected chi connectivity index (χ3v) is 3.91. The monoisotopic (exact) mass is 318 g/mol. The summed E-state index contributed by atoms with van der Waals surface area (Å²) >= 11 is 0. The summed E-state index contributed by atoms with van der Waals surface area (Å²) in [7, 11) is 4.11. The van der Waals surface area contributed by atoms with Gasteiger partial charge in [0.25, 0.3) is 0 Å². The van der Waals surface area contributed by atoms with Crippen LogP contribution in [0.25, 0.3) is 0 Å². The van der Waals surface area contributed by atoms with Gasteiger partial charge >= 0.3 is 0 Å². The molecule has 0 unspecified atom stereocenters. The second-order valence-electron chi connectivity index (χ2n) is 6.12. The molecule has 128 valence electrons. The fraction of sp³-hybridized carbons (Fsp3) is 0.611. The first-order valence-electron chi connectivity index (χ1n) is 8.59. The molecule has 0 amide bonds. The van der Waals surface area contributed by atoms with Gasteiger partial charge < -0.3 is 19.9 Å². The zero-order valence-electron chi connectivity index (χ0n) is 14.7. The predicted molar refractivity (Wildman–Crippen MR) is 96.1 cm³/mol. The minimum absolute atomic E-state index is 0.650. The van der Waals surface area contributed by atoms with E-state index in [4.69, 9.17) is 9.73 Å². The van der Waals surface area contributed by atoms with E-state index in [0.717, 1.165) is 43.5 Å². The molecule has 1 aliphatic rings. The summed E-state index contributed by atoms with van der Waals surface area (Å²) in [6, 6.07) is 8.20. The van der Waals surface area contributed by atoms with E-state index in [1.807, 2.05) is 18.2 Å². The highest BCUT2D eigenvalue weighted by molar-refractivity contribution is 5.80. The van der Waals surface area contributed by atoms with E-state index >= 15 is 0 Å². The van der Waals surface area contributed by atoms with Crippen LogP contribution in [0.5, 0.6) is 5.75 Å². The maximum absolute atomic E-state index is 5.92. The molecule has 0 bridgehead atoms. The first-order chi connectivity index (χ1) is 11.2. The summed E-state index contributed by atoms with van der Waals surface area (Å²) in [5.74, 6) is 1.96. The topological polar surface area (TPSA) is 40.1 Å². The van der Waals surface area contributed by atoms with Gasteiger partial charge in [-0.2, -0.15) is 0 Å². The van der Waals surface area contributed by atoms with Gasteiger partial charge in [-0.05, 0) is 39.9 Å². The number of ether oxygens (including phenoxy) is 1. The lowest BCUT2D eigenvalue weighted by molar-refractivity contribution is 0.259. The van der Waals surface area contributed by atoms with Crippen LogP contribution in [0.2, 0.25) is 0 Å². The van der Waals surface area contributed by atoms with E-state index in [2.05, 4.69) is 42.2 Å². The lowest BCUT2D eigenvalue weighted by Crippen LogP contribution is -2.39. The number of para-hydroxylation sites is 1. The van der Waals surface area contributed by atoms with E-state index in [9.17, 15) is 0 Å². The second-order valence-corrected chi connectivity index (χ2v) is 6.12. The fourth-order valence-corrected chi connectivity index (χ4v) is 2.63. The minimum atomic E-state index is 0.650. The first kappa shape index (κ1) is 17.6. The van der Waals surface area contributed by atoms with Gasteiger partial charge in [-0.3, -0.25) is 0 Å². The van der Waals surface area contributed by atoms with Crippen LogP contribution in [-0.4, -0.2) is 62.6 Å². The molecule has 0 atom stereocenters.